The van der Waals surface area contributed by atoms with E-state index in [-0.39, 0.29) is 29.9 Å². The Kier molecular flexibility index (Phi) is 9.93. The van der Waals surface area contributed by atoms with Crippen molar-refractivity contribution in [2.24, 2.45) is 4.99 Å². The van der Waals surface area contributed by atoms with Gasteiger partial charge in [0.15, 0.2) is 12.6 Å². The average Bonchev–Trinajstić information content (AvgIpc) is 2.94. The number of hydrogen-bond donors (Lipinski definition) is 2. The summed E-state index contributed by atoms with van der Waals surface area (Å²) in [7, 11) is 0. The topological polar surface area (TPSA) is 71.4 Å². The molecule has 0 spiro atoms. The van der Waals surface area contributed by atoms with Crippen LogP contribution in [-0.2, 0) is 13.1 Å². The Morgan fingerprint density at radius 1 is 1.25 bits per heavy atom. The molecular weight excluding hydrogens is 506 g/mol. The lowest BCUT2D eigenvalue weighted by Gasteiger charge is -2.10. The molecule has 11 heteroatoms. The molecule has 2 heterocycles. The maximum atomic E-state index is 12.1. The summed E-state index contributed by atoms with van der Waals surface area (Å²) in [4.78, 5) is 14.0. The molecule has 0 radical (unpaired) electrons. The first-order chi connectivity index (χ1) is 12.8. The predicted octanol–water partition coefficient (Wildman–Crippen LogP) is 3.97. The van der Waals surface area contributed by atoms with Gasteiger partial charge < -0.3 is 15.4 Å². The van der Waals surface area contributed by atoms with Gasteiger partial charge in [0.25, 0.3) is 0 Å². The highest BCUT2D eigenvalue weighted by molar-refractivity contribution is 14.0. The molecule has 2 rings (SSSR count). The van der Waals surface area contributed by atoms with Gasteiger partial charge in [-0.3, -0.25) is 0 Å². The monoisotopic (exact) mass is 529 g/mol. The van der Waals surface area contributed by atoms with Crippen molar-refractivity contribution in [3.8, 4) is 5.88 Å². The van der Waals surface area contributed by atoms with Gasteiger partial charge in [-0.2, -0.15) is 13.2 Å². The van der Waals surface area contributed by atoms with Crippen molar-refractivity contribution >= 4 is 41.3 Å². The number of aromatic nitrogens is 2. The molecule has 0 unspecified atom stereocenters. The number of nitrogens with zero attached hydrogens (tertiary/aromatic N) is 3. The second-order valence-electron chi connectivity index (χ2n) is 5.71. The maximum absolute atomic E-state index is 12.1. The lowest BCUT2D eigenvalue weighted by molar-refractivity contribution is -0.154. The molecule has 156 valence electrons. The highest BCUT2D eigenvalue weighted by atomic mass is 127. The van der Waals surface area contributed by atoms with E-state index >= 15 is 0 Å². The van der Waals surface area contributed by atoms with Crippen LogP contribution in [0.15, 0.2) is 23.3 Å². The van der Waals surface area contributed by atoms with Gasteiger partial charge in [-0.05, 0) is 26.3 Å². The quantitative estimate of drug-likeness (QED) is 0.323. The fourth-order valence-corrected chi connectivity index (χ4v) is 2.91. The Labute approximate surface area is 183 Å². The van der Waals surface area contributed by atoms with Gasteiger partial charge in [0.1, 0.15) is 5.01 Å². The summed E-state index contributed by atoms with van der Waals surface area (Å²) in [5.41, 5.74) is 1.78. The lowest BCUT2D eigenvalue weighted by atomic mass is 10.3. The summed E-state index contributed by atoms with van der Waals surface area (Å²) in [6, 6.07) is 3.04. The minimum absolute atomic E-state index is 0. The standard InChI is InChI=1S/C17H22F3N5OS.HI/c1-4-21-16(24-9-15-25-11(2)12(3)27-15)23-8-13-5-6-14(22-7-13)26-10-17(18,19)20;/h5-7H,4,8-10H2,1-3H3,(H2,21,23,24);1H. The van der Waals surface area contributed by atoms with Gasteiger partial charge in [-0.15, -0.1) is 35.3 Å². The second kappa shape index (κ2) is 11.4. The number of aryl methyl sites for hydroxylation is 2. The summed E-state index contributed by atoms with van der Waals surface area (Å²) in [6.45, 7) is 6.20. The van der Waals surface area contributed by atoms with Gasteiger partial charge in [0, 0.05) is 23.7 Å². The van der Waals surface area contributed by atoms with E-state index < -0.39 is 12.8 Å². The van der Waals surface area contributed by atoms with Gasteiger partial charge in [0.2, 0.25) is 5.88 Å². The molecule has 2 aromatic rings. The molecule has 0 atom stereocenters. The zero-order valence-corrected chi connectivity index (χ0v) is 18.9. The van der Waals surface area contributed by atoms with Crippen molar-refractivity contribution in [1.29, 1.82) is 0 Å². The number of nitrogens with one attached hydrogen (secondary N) is 2. The number of halogens is 4. The maximum Gasteiger partial charge on any atom is 0.422 e. The van der Waals surface area contributed by atoms with Crippen LogP contribution in [0.3, 0.4) is 0 Å². The molecule has 6 nitrogen and oxygen atoms in total. The molecule has 0 amide bonds. The number of thiazole rings is 1. The van der Waals surface area contributed by atoms with Gasteiger partial charge in [0.05, 0.1) is 18.8 Å². The van der Waals surface area contributed by atoms with Crippen LogP contribution in [0.4, 0.5) is 13.2 Å². The van der Waals surface area contributed by atoms with Gasteiger partial charge in [-0.25, -0.2) is 15.0 Å². The highest BCUT2D eigenvalue weighted by Crippen LogP contribution is 2.17. The molecule has 0 aliphatic carbocycles. The zero-order chi connectivity index (χ0) is 19.9. The first-order valence-corrected chi connectivity index (χ1v) is 9.18. The van der Waals surface area contributed by atoms with Crippen LogP contribution in [0.2, 0.25) is 0 Å². The third-order valence-electron chi connectivity index (χ3n) is 3.43. The van der Waals surface area contributed by atoms with E-state index in [1.807, 2.05) is 20.8 Å². The van der Waals surface area contributed by atoms with Crippen LogP contribution in [0.25, 0.3) is 0 Å². The number of aliphatic imine (C=N–C) groups is 1. The highest BCUT2D eigenvalue weighted by Gasteiger charge is 2.28. The fourth-order valence-electron chi connectivity index (χ4n) is 2.03. The van der Waals surface area contributed by atoms with Crippen LogP contribution < -0.4 is 15.4 Å². The normalized spacial score (nSPS) is 11.7. The Bertz CT molecular complexity index is 746. The minimum Gasteiger partial charge on any atom is -0.468 e. The molecule has 0 saturated heterocycles. The summed E-state index contributed by atoms with van der Waals surface area (Å²) in [5.74, 6) is 0.556. The third kappa shape index (κ3) is 8.59. The number of ether oxygens (including phenoxy) is 1. The zero-order valence-electron chi connectivity index (χ0n) is 15.8. The fraction of sp³-hybridized carbons (Fsp3) is 0.471. The van der Waals surface area contributed by atoms with Crippen molar-refractivity contribution in [3.63, 3.8) is 0 Å². The number of hydrogen-bond acceptors (Lipinski definition) is 5. The smallest absolute Gasteiger partial charge is 0.422 e. The van der Waals surface area contributed by atoms with Crippen LogP contribution >= 0.6 is 35.3 Å². The third-order valence-corrected chi connectivity index (χ3v) is 4.50. The van der Waals surface area contributed by atoms with E-state index in [0.717, 1.165) is 16.3 Å². The average molecular weight is 529 g/mol. The van der Waals surface area contributed by atoms with Crippen molar-refractivity contribution in [2.75, 3.05) is 13.2 Å². The van der Waals surface area contributed by atoms with E-state index in [4.69, 9.17) is 0 Å². The number of rotatable bonds is 7. The first-order valence-electron chi connectivity index (χ1n) is 8.36. The summed E-state index contributed by atoms with van der Waals surface area (Å²) >= 11 is 1.64. The second-order valence-corrected chi connectivity index (χ2v) is 6.99. The lowest BCUT2D eigenvalue weighted by Crippen LogP contribution is -2.36. The molecule has 0 bridgehead atoms. The number of guanidine groups is 1. The molecule has 2 aromatic heterocycles. The largest absolute Gasteiger partial charge is 0.468 e. The van der Waals surface area contributed by atoms with E-state index in [9.17, 15) is 13.2 Å². The molecule has 0 aliphatic rings. The van der Waals surface area contributed by atoms with Crippen LogP contribution in [0, 0.1) is 13.8 Å². The summed E-state index contributed by atoms with van der Waals surface area (Å²) in [5, 5.41) is 7.33. The summed E-state index contributed by atoms with van der Waals surface area (Å²) in [6.07, 6.45) is -2.93. The van der Waals surface area contributed by atoms with E-state index in [1.54, 1.807) is 17.4 Å². The van der Waals surface area contributed by atoms with Crippen LogP contribution in [-0.4, -0.2) is 35.3 Å². The number of pyridine rings is 1. The van der Waals surface area contributed by atoms with Gasteiger partial charge >= 0.3 is 6.18 Å². The van der Waals surface area contributed by atoms with Crippen molar-refractivity contribution in [2.45, 2.75) is 40.0 Å². The Hall–Kier alpha value is -1.63. The molecule has 0 fully saturated rings. The molecule has 28 heavy (non-hydrogen) atoms. The minimum atomic E-state index is -4.38. The SMILES string of the molecule is CCNC(=NCc1ccc(OCC(F)(F)F)nc1)NCc1nc(C)c(C)s1.I. The van der Waals surface area contributed by atoms with Crippen LogP contribution in [0.5, 0.6) is 5.88 Å². The van der Waals surface area contributed by atoms with E-state index in [1.165, 1.54) is 17.1 Å². The Morgan fingerprint density at radius 3 is 2.54 bits per heavy atom. The molecule has 0 saturated carbocycles. The molecular formula is C17H23F3IN5OS. The van der Waals surface area contributed by atoms with Crippen molar-refractivity contribution < 1.29 is 17.9 Å². The van der Waals surface area contributed by atoms with Crippen LogP contribution in [0.1, 0.15) is 28.1 Å². The first kappa shape index (κ1) is 24.4. The number of alkyl halides is 3. The summed E-state index contributed by atoms with van der Waals surface area (Å²) < 4.78 is 41.0. The predicted molar refractivity (Wildman–Crippen MR) is 114 cm³/mol. The van der Waals surface area contributed by atoms with E-state index in [2.05, 4.69) is 30.3 Å². The molecule has 2 N–H and O–H groups in total. The van der Waals surface area contributed by atoms with Gasteiger partial charge in [-0.1, -0.05) is 6.07 Å². The van der Waals surface area contributed by atoms with Crippen molar-refractivity contribution in [3.05, 3.63) is 39.5 Å². The molecule has 0 aliphatic heterocycles. The molecule has 0 aromatic carbocycles. The Balaban J connectivity index is 0.00000392. The van der Waals surface area contributed by atoms with E-state index in [0.29, 0.717) is 25.6 Å². The van der Waals surface area contributed by atoms with Crippen molar-refractivity contribution in [1.82, 2.24) is 20.6 Å². The Morgan fingerprint density at radius 2 is 2.00 bits per heavy atom.